The third-order valence-corrected chi connectivity index (χ3v) is 1.17. The number of hydrogen-bond donors (Lipinski definition) is 1. The van der Waals surface area contributed by atoms with Crippen LogP contribution in [0.5, 0.6) is 0 Å². The van der Waals surface area contributed by atoms with Gasteiger partial charge in [-0.3, -0.25) is 4.55 Å². The normalized spacial score (nSPS) is 11.0. The summed E-state index contributed by atoms with van der Waals surface area (Å²) >= 11 is 0. The minimum absolute atomic E-state index is 0.00137. The van der Waals surface area contributed by atoms with Gasteiger partial charge in [-0.15, -0.1) is 0 Å². The molecule has 0 saturated carbocycles. The average Bonchev–Trinajstić information content (AvgIpc) is 1.80. The van der Waals surface area contributed by atoms with Crippen LogP contribution in [0.15, 0.2) is 0 Å². The summed E-state index contributed by atoms with van der Waals surface area (Å²) in [5.41, 5.74) is 0. The lowest BCUT2D eigenvalue weighted by Crippen LogP contribution is -2.15. The van der Waals surface area contributed by atoms with E-state index in [-0.39, 0.29) is 6.61 Å². The van der Waals surface area contributed by atoms with Crippen LogP contribution in [0.4, 0.5) is 4.79 Å². The molecule has 0 amide bonds. The van der Waals surface area contributed by atoms with Gasteiger partial charge in [-0.05, 0) is 6.42 Å². The van der Waals surface area contributed by atoms with Crippen molar-refractivity contribution >= 4 is 15.4 Å². The Labute approximate surface area is 58.7 Å². The third kappa shape index (κ3) is 3.41. The Morgan fingerprint density at radius 2 is 2.10 bits per heavy atom. The van der Waals surface area contributed by atoms with Crippen LogP contribution in [0, 0.1) is 0 Å². The first-order valence-corrected chi connectivity index (χ1v) is 4.06. The smallest absolute Gasteiger partial charge is 0.451 e. The Hall–Kier alpha value is -0.620. The highest BCUT2D eigenvalue weighted by Gasteiger charge is 2.18. The molecule has 0 radical (unpaired) electrons. The van der Waals surface area contributed by atoms with Gasteiger partial charge in [0.15, 0.2) is 0 Å². The van der Waals surface area contributed by atoms with Crippen molar-refractivity contribution in [1.29, 1.82) is 0 Å². The molecule has 0 aromatic rings. The van der Waals surface area contributed by atoms with E-state index in [0.29, 0.717) is 6.42 Å². The van der Waals surface area contributed by atoms with E-state index in [1.165, 1.54) is 0 Å². The molecule has 0 rings (SSSR count). The molecule has 0 bridgehead atoms. The first-order valence-electron chi connectivity index (χ1n) is 2.62. The Balaban J connectivity index is 3.88. The number of carbonyl (C=O) groups is 1. The molecule has 0 unspecified atom stereocenters. The summed E-state index contributed by atoms with van der Waals surface area (Å²) in [4.78, 5) is 10.2. The fraction of sp³-hybridized carbons (Fsp3) is 0.750. The van der Waals surface area contributed by atoms with E-state index in [1.54, 1.807) is 6.92 Å². The zero-order valence-electron chi connectivity index (χ0n) is 5.40. The van der Waals surface area contributed by atoms with Gasteiger partial charge >= 0.3 is 15.4 Å². The Morgan fingerprint density at radius 1 is 1.60 bits per heavy atom. The monoisotopic (exact) mass is 168 g/mol. The fourth-order valence-corrected chi connectivity index (χ4v) is 0.492. The van der Waals surface area contributed by atoms with Crippen LogP contribution in [0.1, 0.15) is 13.3 Å². The van der Waals surface area contributed by atoms with Crippen molar-refractivity contribution in [3.8, 4) is 0 Å². The van der Waals surface area contributed by atoms with Crippen molar-refractivity contribution in [2.45, 2.75) is 13.3 Å². The second-order valence-corrected chi connectivity index (χ2v) is 2.86. The molecule has 0 atom stereocenters. The summed E-state index contributed by atoms with van der Waals surface area (Å²) in [6.07, 6.45) is 0.515. The molecule has 0 aliphatic carbocycles. The van der Waals surface area contributed by atoms with Crippen LogP contribution < -0.4 is 0 Å². The number of hydrogen-bond acceptors (Lipinski definition) is 4. The molecule has 0 spiro atoms. The van der Waals surface area contributed by atoms with Crippen molar-refractivity contribution in [2.24, 2.45) is 0 Å². The summed E-state index contributed by atoms with van der Waals surface area (Å²) < 4.78 is 31.9. The second-order valence-electron chi connectivity index (χ2n) is 1.57. The van der Waals surface area contributed by atoms with Gasteiger partial charge in [0.2, 0.25) is 0 Å². The molecule has 0 aliphatic heterocycles. The second kappa shape index (κ2) is 3.52. The van der Waals surface area contributed by atoms with Gasteiger partial charge < -0.3 is 4.74 Å². The molecule has 0 fully saturated rings. The lowest BCUT2D eigenvalue weighted by atomic mass is 10.5. The van der Waals surface area contributed by atoms with Crippen LogP contribution in [0.2, 0.25) is 0 Å². The molecular weight excluding hydrogens is 160 g/mol. The number of rotatable bonds is 2. The maximum atomic E-state index is 10.2. The minimum Gasteiger partial charge on any atom is -0.452 e. The van der Waals surface area contributed by atoms with Crippen LogP contribution in [0.3, 0.4) is 0 Å². The highest BCUT2D eigenvalue weighted by molar-refractivity contribution is 8.00. The molecule has 0 aromatic carbocycles. The first kappa shape index (κ1) is 9.38. The van der Waals surface area contributed by atoms with Crippen LogP contribution >= 0.6 is 0 Å². The van der Waals surface area contributed by atoms with E-state index in [1.807, 2.05) is 0 Å². The van der Waals surface area contributed by atoms with Crippen molar-refractivity contribution in [1.82, 2.24) is 0 Å². The van der Waals surface area contributed by atoms with Crippen molar-refractivity contribution in [2.75, 3.05) is 6.61 Å². The van der Waals surface area contributed by atoms with Gasteiger partial charge in [0.05, 0.1) is 6.61 Å². The average molecular weight is 168 g/mol. The summed E-state index contributed by atoms with van der Waals surface area (Å²) in [5.74, 6) is 0. The minimum atomic E-state index is -4.64. The van der Waals surface area contributed by atoms with Crippen molar-refractivity contribution in [3.63, 3.8) is 0 Å². The van der Waals surface area contributed by atoms with Gasteiger partial charge in [0, 0.05) is 0 Å². The Bertz CT molecular complexity index is 204. The van der Waals surface area contributed by atoms with E-state index in [0.717, 1.165) is 0 Å². The highest BCUT2D eigenvalue weighted by atomic mass is 32.2. The first-order chi connectivity index (χ1) is 4.48. The summed E-state index contributed by atoms with van der Waals surface area (Å²) in [6, 6.07) is 0. The van der Waals surface area contributed by atoms with Crippen LogP contribution in [-0.4, -0.2) is 24.9 Å². The molecule has 0 aliphatic rings. The summed E-state index contributed by atoms with van der Waals surface area (Å²) in [5, 5.41) is -1.59. The topological polar surface area (TPSA) is 80.7 Å². The standard InChI is InChI=1S/C4H8O5S/c1-2-3-9-4(5)10(6,7)8/h2-3H2,1H3,(H,6,7,8). The lowest BCUT2D eigenvalue weighted by molar-refractivity contribution is 0.169. The Morgan fingerprint density at radius 3 is 2.40 bits per heavy atom. The van der Waals surface area contributed by atoms with Gasteiger partial charge in [-0.1, -0.05) is 6.92 Å². The predicted molar refractivity (Wildman–Crippen MR) is 33.2 cm³/mol. The zero-order chi connectivity index (χ0) is 8.20. The molecule has 10 heavy (non-hydrogen) atoms. The van der Waals surface area contributed by atoms with E-state index < -0.39 is 15.4 Å². The quantitative estimate of drug-likeness (QED) is 0.477. The molecular formula is C4H8O5S. The van der Waals surface area contributed by atoms with Gasteiger partial charge in [-0.2, -0.15) is 8.42 Å². The molecule has 1 N–H and O–H groups in total. The summed E-state index contributed by atoms with van der Waals surface area (Å²) in [7, 11) is -4.64. The molecule has 0 aromatic heterocycles. The molecule has 6 heteroatoms. The van der Waals surface area contributed by atoms with Crippen LogP contribution in [0.25, 0.3) is 0 Å². The zero-order valence-corrected chi connectivity index (χ0v) is 6.22. The van der Waals surface area contributed by atoms with Gasteiger partial charge in [0.1, 0.15) is 0 Å². The summed E-state index contributed by atoms with van der Waals surface area (Å²) in [6.45, 7) is 1.70. The largest absolute Gasteiger partial charge is 0.452 e. The predicted octanol–water partition coefficient (Wildman–Crippen LogP) is 0.421. The Kier molecular flexibility index (Phi) is 3.31. The molecule has 60 valence electrons. The van der Waals surface area contributed by atoms with Gasteiger partial charge in [-0.25, -0.2) is 4.79 Å². The number of ether oxygens (including phenoxy) is 1. The van der Waals surface area contributed by atoms with Crippen molar-refractivity contribution in [3.05, 3.63) is 0 Å². The van der Waals surface area contributed by atoms with E-state index in [9.17, 15) is 13.2 Å². The SMILES string of the molecule is CCCOC(=O)S(=O)(=O)O. The molecule has 0 heterocycles. The van der Waals surface area contributed by atoms with E-state index >= 15 is 0 Å². The molecule has 5 nitrogen and oxygen atoms in total. The lowest BCUT2D eigenvalue weighted by Gasteiger charge is -1.97. The highest BCUT2D eigenvalue weighted by Crippen LogP contribution is 1.91. The molecule has 0 saturated heterocycles. The van der Waals surface area contributed by atoms with Gasteiger partial charge in [0.25, 0.3) is 0 Å². The maximum absolute atomic E-state index is 10.2. The number of carbonyl (C=O) groups excluding carboxylic acids is 1. The van der Waals surface area contributed by atoms with E-state index in [4.69, 9.17) is 4.55 Å². The van der Waals surface area contributed by atoms with E-state index in [2.05, 4.69) is 4.74 Å². The fourth-order valence-electron chi connectivity index (χ4n) is 0.260. The van der Waals surface area contributed by atoms with Crippen molar-refractivity contribution < 1.29 is 22.5 Å². The third-order valence-electron chi connectivity index (χ3n) is 0.635. The maximum Gasteiger partial charge on any atom is 0.451 e. The van der Waals surface area contributed by atoms with Crippen LogP contribution in [-0.2, 0) is 14.9 Å².